The van der Waals surface area contributed by atoms with Gasteiger partial charge in [0.15, 0.2) is 0 Å². The maximum absolute atomic E-state index is 12.0. The Morgan fingerprint density at radius 2 is 1.95 bits per heavy atom. The zero-order chi connectivity index (χ0) is 15.9. The van der Waals surface area contributed by atoms with Crippen molar-refractivity contribution in [2.75, 3.05) is 20.2 Å². The molecule has 2 aromatic rings. The lowest BCUT2D eigenvalue weighted by atomic mass is 10.2. The van der Waals surface area contributed by atoms with Crippen LogP contribution < -0.4 is 4.74 Å². The van der Waals surface area contributed by atoms with Gasteiger partial charge in [-0.25, -0.2) is 0 Å². The van der Waals surface area contributed by atoms with Gasteiger partial charge >= 0.3 is 0 Å². The average molecular weight is 303 g/mol. The fourth-order valence-electron chi connectivity index (χ4n) is 2.23. The highest BCUT2D eigenvalue weighted by Gasteiger charge is 2.15. The minimum Gasteiger partial charge on any atom is -0.496 e. The van der Waals surface area contributed by atoms with Crippen LogP contribution in [0.15, 0.2) is 28.7 Å². The Hall–Kier alpha value is -2.37. The number of carbonyl (C=O) groups excluding carboxylic acids is 1. The Bertz CT molecular complexity index is 621. The largest absolute Gasteiger partial charge is 0.496 e. The average Bonchev–Trinajstić information content (AvgIpc) is 3.02. The number of carbonyl (C=O) groups is 1. The van der Waals surface area contributed by atoms with Gasteiger partial charge in [-0.05, 0) is 26.0 Å². The van der Waals surface area contributed by atoms with Gasteiger partial charge in [-0.1, -0.05) is 12.1 Å². The van der Waals surface area contributed by atoms with Crippen molar-refractivity contribution in [2.45, 2.75) is 26.7 Å². The Morgan fingerprint density at radius 3 is 2.64 bits per heavy atom. The molecule has 0 N–H and O–H groups in total. The van der Waals surface area contributed by atoms with Gasteiger partial charge in [0.05, 0.1) is 12.7 Å². The molecule has 6 heteroatoms. The van der Waals surface area contributed by atoms with Crippen LogP contribution in [0.4, 0.5) is 0 Å². The van der Waals surface area contributed by atoms with Crippen molar-refractivity contribution in [3.05, 3.63) is 30.2 Å². The molecule has 0 aliphatic heterocycles. The van der Waals surface area contributed by atoms with Crippen molar-refractivity contribution in [1.29, 1.82) is 0 Å². The molecule has 1 aromatic heterocycles. The van der Waals surface area contributed by atoms with Gasteiger partial charge in [-0.2, -0.15) is 0 Å². The minimum absolute atomic E-state index is 0.0991. The highest BCUT2D eigenvalue weighted by atomic mass is 16.5. The number of para-hydroxylation sites is 1. The van der Waals surface area contributed by atoms with E-state index in [0.717, 1.165) is 5.56 Å². The van der Waals surface area contributed by atoms with Crippen LogP contribution in [0.5, 0.6) is 5.75 Å². The van der Waals surface area contributed by atoms with Gasteiger partial charge in [0.2, 0.25) is 11.8 Å². The quantitative estimate of drug-likeness (QED) is 0.786. The van der Waals surface area contributed by atoms with E-state index in [4.69, 9.17) is 9.15 Å². The van der Waals surface area contributed by atoms with Gasteiger partial charge in [0, 0.05) is 25.9 Å². The van der Waals surface area contributed by atoms with Gasteiger partial charge in [0.25, 0.3) is 5.89 Å². The van der Waals surface area contributed by atoms with E-state index in [-0.39, 0.29) is 5.91 Å². The summed E-state index contributed by atoms with van der Waals surface area (Å²) in [6.07, 6.45) is 0.812. The van der Waals surface area contributed by atoms with Crippen molar-refractivity contribution in [1.82, 2.24) is 15.1 Å². The number of aromatic nitrogens is 2. The molecule has 0 saturated carbocycles. The van der Waals surface area contributed by atoms with Gasteiger partial charge < -0.3 is 14.1 Å². The normalized spacial score (nSPS) is 10.5. The molecule has 0 unspecified atom stereocenters. The first kappa shape index (κ1) is 16.0. The van der Waals surface area contributed by atoms with Crippen LogP contribution in [-0.2, 0) is 11.2 Å². The molecule has 1 amide bonds. The number of hydrogen-bond donors (Lipinski definition) is 0. The Kier molecular flexibility index (Phi) is 5.52. The molecule has 0 fully saturated rings. The third-order valence-electron chi connectivity index (χ3n) is 3.47. The second-order valence-corrected chi connectivity index (χ2v) is 4.77. The summed E-state index contributed by atoms with van der Waals surface area (Å²) in [7, 11) is 1.60. The lowest BCUT2D eigenvalue weighted by Gasteiger charge is -2.17. The van der Waals surface area contributed by atoms with Gasteiger partial charge in [-0.3, -0.25) is 4.79 Å². The summed E-state index contributed by atoms with van der Waals surface area (Å²) in [5.74, 6) is 1.64. The first-order valence-corrected chi connectivity index (χ1v) is 7.43. The van der Waals surface area contributed by atoms with Crippen LogP contribution >= 0.6 is 0 Å². The summed E-state index contributed by atoms with van der Waals surface area (Å²) in [5.41, 5.74) is 0.749. The Labute approximate surface area is 130 Å². The molecule has 0 spiro atoms. The highest BCUT2D eigenvalue weighted by molar-refractivity contribution is 5.76. The Morgan fingerprint density at radius 1 is 1.23 bits per heavy atom. The molecule has 0 radical (unpaired) electrons. The number of benzene rings is 1. The molecule has 1 aromatic carbocycles. The van der Waals surface area contributed by atoms with E-state index in [1.807, 2.05) is 38.1 Å². The number of rotatable bonds is 7. The second kappa shape index (κ2) is 7.59. The number of ether oxygens (including phenoxy) is 1. The summed E-state index contributed by atoms with van der Waals surface area (Å²) in [6.45, 7) is 5.36. The van der Waals surface area contributed by atoms with Crippen LogP contribution in [-0.4, -0.2) is 41.2 Å². The van der Waals surface area contributed by atoms with Crippen molar-refractivity contribution in [3.63, 3.8) is 0 Å². The van der Waals surface area contributed by atoms with Crippen LogP contribution in [0, 0.1) is 0 Å². The number of nitrogens with zero attached hydrogens (tertiary/aromatic N) is 3. The van der Waals surface area contributed by atoms with E-state index in [0.29, 0.717) is 43.5 Å². The monoisotopic (exact) mass is 303 g/mol. The van der Waals surface area contributed by atoms with Crippen molar-refractivity contribution < 1.29 is 13.9 Å². The number of methoxy groups -OCH3 is 1. The van der Waals surface area contributed by atoms with E-state index < -0.39 is 0 Å². The number of amides is 1. The minimum atomic E-state index is 0.0991. The molecule has 2 rings (SSSR count). The molecule has 22 heavy (non-hydrogen) atoms. The van der Waals surface area contributed by atoms with E-state index in [2.05, 4.69) is 10.2 Å². The molecule has 0 aliphatic carbocycles. The number of hydrogen-bond acceptors (Lipinski definition) is 5. The molecule has 6 nitrogen and oxygen atoms in total. The van der Waals surface area contributed by atoms with E-state index >= 15 is 0 Å². The molecule has 118 valence electrons. The Balaban J connectivity index is 2.04. The third kappa shape index (κ3) is 3.63. The van der Waals surface area contributed by atoms with Crippen LogP contribution in [0.25, 0.3) is 11.5 Å². The summed E-state index contributed by atoms with van der Waals surface area (Å²) in [6, 6.07) is 7.45. The first-order chi connectivity index (χ1) is 10.7. The first-order valence-electron chi connectivity index (χ1n) is 7.43. The predicted octanol–water partition coefficient (Wildman–Crippen LogP) is 2.55. The summed E-state index contributed by atoms with van der Waals surface area (Å²) in [5, 5.41) is 8.04. The van der Waals surface area contributed by atoms with Crippen LogP contribution in [0.1, 0.15) is 26.2 Å². The standard InChI is InChI=1S/C16H21N3O3/c1-4-19(5-2)15(20)11-10-14-17-18-16(22-14)12-8-6-7-9-13(12)21-3/h6-9H,4-5,10-11H2,1-3H3. The topological polar surface area (TPSA) is 68.5 Å². The lowest BCUT2D eigenvalue weighted by molar-refractivity contribution is -0.130. The third-order valence-corrected chi connectivity index (χ3v) is 3.47. The summed E-state index contributed by atoms with van der Waals surface area (Å²) >= 11 is 0. The molecule has 0 saturated heterocycles. The van der Waals surface area contributed by atoms with Gasteiger partial charge in [0.1, 0.15) is 5.75 Å². The van der Waals surface area contributed by atoms with E-state index in [9.17, 15) is 4.79 Å². The van der Waals surface area contributed by atoms with Crippen molar-refractivity contribution >= 4 is 5.91 Å². The molecule has 1 heterocycles. The zero-order valence-corrected chi connectivity index (χ0v) is 13.2. The SMILES string of the molecule is CCN(CC)C(=O)CCc1nnc(-c2ccccc2OC)o1. The van der Waals surface area contributed by atoms with Crippen molar-refractivity contribution in [2.24, 2.45) is 0 Å². The predicted molar refractivity (Wildman–Crippen MR) is 82.5 cm³/mol. The highest BCUT2D eigenvalue weighted by Crippen LogP contribution is 2.28. The fraction of sp³-hybridized carbons (Fsp3) is 0.438. The smallest absolute Gasteiger partial charge is 0.251 e. The number of aryl methyl sites for hydroxylation is 1. The molecular weight excluding hydrogens is 282 g/mol. The van der Waals surface area contributed by atoms with E-state index in [1.54, 1.807) is 12.0 Å². The lowest BCUT2D eigenvalue weighted by Crippen LogP contribution is -2.30. The molecular formula is C16H21N3O3. The van der Waals surface area contributed by atoms with E-state index in [1.165, 1.54) is 0 Å². The maximum atomic E-state index is 12.0. The summed E-state index contributed by atoms with van der Waals surface area (Å²) < 4.78 is 10.9. The zero-order valence-electron chi connectivity index (χ0n) is 13.2. The van der Waals surface area contributed by atoms with Gasteiger partial charge in [-0.15, -0.1) is 10.2 Å². The summed E-state index contributed by atoms with van der Waals surface area (Å²) in [4.78, 5) is 13.8. The molecule has 0 atom stereocenters. The van der Waals surface area contributed by atoms with Crippen molar-refractivity contribution in [3.8, 4) is 17.2 Å². The van der Waals surface area contributed by atoms with Crippen LogP contribution in [0.2, 0.25) is 0 Å². The molecule has 0 bridgehead atoms. The fourth-order valence-corrected chi connectivity index (χ4v) is 2.23. The second-order valence-electron chi connectivity index (χ2n) is 4.77. The van der Waals surface area contributed by atoms with Crippen LogP contribution in [0.3, 0.4) is 0 Å². The molecule has 0 aliphatic rings. The maximum Gasteiger partial charge on any atom is 0.251 e.